The predicted molar refractivity (Wildman–Crippen MR) is 95.7 cm³/mol. The van der Waals surface area contributed by atoms with Crippen molar-refractivity contribution in [1.29, 1.82) is 5.26 Å². The first kappa shape index (κ1) is 19.9. The van der Waals surface area contributed by atoms with Crippen molar-refractivity contribution in [3.63, 3.8) is 0 Å². The number of aliphatic hydroxyl groups is 1. The zero-order chi connectivity index (χ0) is 20.5. The Morgan fingerprint density at radius 3 is 2.86 bits per heavy atom. The quantitative estimate of drug-likeness (QED) is 0.568. The van der Waals surface area contributed by atoms with E-state index in [1.807, 2.05) is 0 Å². The molecule has 2 atom stereocenters. The van der Waals surface area contributed by atoms with Crippen molar-refractivity contribution < 1.29 is 24.6 Å². The zero-order valence-electron chi connectivity index (χ0n) is 15.7. The second-order valence-electron chi connectivity index (χ2n) is 7.38. The molecule has 0 saturated carbocycles. The lowest BCUT2D eigenvalue weighted by molar-refractivity contribution is -0.757. The summed E-state index contributed by atoms with van der Waals surface area (Å²) in [5, 5.41) is 29.5. The van der Waals surface area contributed by atoms with Crippen LogP contribution in [0.3, 0.4) is 0 Å². The first-order valence-corrected chi connectivity index (χ1v) is 8.93. The van der Waals surface area contributed by atoms with Crippen LogP contribution in [0.5, 0.6) is 5.75 Å². The number of benzene rings is 1. The predicted octanol–water partition coefficient (Wildman–Crippen LogP) is 0.484. The van der Waals surface area contributed by atoms with Crippen LogP contribution in [0.4, 0.5) is 0 Å². The molecule has 1 aromatic rings. The van der Waals surface area contributed by atoms with Gasteiger partial charge in [-0.3, -0.25) is 9.69 Å². The molecule has 0 radical (unpaired) electrons. The molecule has 1 N–H and O–H groups in total. The van der Waals surface area contributed by atoms with E-state index in [1.165, 1.54) is 0 Å². The molecule has 1 saturated heterocycles. The van der Waals surface area contributed by atoms with Crippen LogP contribution in [0.2, 0.25) is 0 Å². The minimum absolute atomic E-state index is 0.0683. The minimum Gasteiger partial charge on any atom is -0.485 e. The molecule has 1 amide bonds. The Hall–Kier alpha value is -2.90. The van der Waals surface area contributed by atoms with Crippen LogP contribution < -0.4 is 4.74 Å². The highest BCUT2D eigenvalue weighted by Crippen LogP contribution is 2.43. The standard InChI is InChI=1S/C18H22N4O6/c1-18(2)17(24)16(13-9-12(10-19)3-4-14(13)28-18)21-6-5-20(11-15(21)23)7-8-27-22(25)26/h3-4,9,16-17,24H,5-8,11H2,1-2H3/t16-,17+/m1/s1. The third-order valence-electron chi connectivity index (χ3n) is 5.12. The number of hydrogen-bond donors (Lipinski definition) is 1. The van der Waals surface area contributed by atoms with Gasteiger partial charge in [-0.2, -0.15) is 5.26 Å². The summed E-state index contributed by atoms with van der Waals surface area (Å²) in [5.41, 5.74) is 0.106. The van der Waals surface area contributed by atoms with Crippen LogP contribution in [-0.4, -0.2) is 70.4 Å². The first-order valence-electron chi connectivity index (χ1n) is 8.93. The molecule has 0 bridgehead atoms. The Morgan fingerprint density at radius 1 is 1.46 bits per heavy atom. The van der Waals surface area contributed by atoms with Gasteiger partial charge in [0.1, 0.15) is 24.1 Å². The maximum absolute atomic E-state index is 12.8. The van der Waals surface area contributed by atoms with Crippen molar-refractivity contribution >= 4 is 5.91 Å². The summed E-state index contributed by atoms with van der Waals surface area (Å²) in [6, 6.07) is 6.39. The fourth-order valence-corrected chi connectivity index (χ4v) is 3.64. The van der Waals surface area contributed by atoms with Crippen LogP contribution in [0.25, 0.3) is 0 Å². The van der Waals surface area contributed by atoms with Gasteiger partial charge >= 0.3 is 0 Å². The van der Waals surface area contributed by atoms with Gasteiger partial charge in [0.15, 0.2) is 0 Å². The molecule has 2 aliphatic rings. The molecule has 10 heteroatoms. The summed E-state index contributed by atoms with van der Waals surface area (Å²) in [6.07, 6.45) is -0.984. The van der Waals surface area contributed by atoms with Gasteiger partial charge in [-0.1, -0.05) is 0 Å². The number of ether oxygens (including phenoxy) is 1. The molecule has 150 valence electrons. The molecule has 28 heavy (non-hydrogen) atoms. The number of rotatable bonds is 5. The smallest absolute Gasteiger partial charge is 0.294 e. The largest absolute Gasteiger partial charge is 0.485 e. The Labute approximate surface area is 162 Å². The lowest BCUT2D eigenvalue weighted by Crippen LogP contribution is -2.59. The molecule has 1 fully saturated rings. The fraction of sp³-hybridized carbons (Fsp3) is 0.556. The minimum atomic E-state index is -0.984. The number of aliphatic hydroxyl groups excluding tert-OH is 1. The number of nitrogens with zero attached hydrogens (tertiary/aromatic N) is 4. The zero-order valence-corrected chi connectivity index (χ0v) is 15.7. The van der Waals surface area contributed by atoms with Crippen LogP contribution in [-0.2, 0) is 9.63 Å². The number of nitriles is 1. The molecule has 3 rings (SSSR count). The second kappa shape index (κ2) is 7.61. The average Bonchev–Trinajstić information content (AvgIpc) is 2.63. The number of fused-ring (bicyclic) bond motifs is 1. The summed E-state index contributed by atoms with van der Waals surface area (Å²) in [6.45, 7) is 4.55. The lowest BCUT2D eigenvalue weighted by Gasteiger charge is -2.48. The molecule has 1 aromatic carbocycles. The van der Waals surface area contributed by atoms with Gasteiger partial charge < -0.3 is 19.6 Å². The van der Waals surface area contributed by atoms with Crippen molar-refractivity contribution in [1.82, 2.24) is 9.80 Å². The number of carbonyl (C=O) groups is 1. The van der Waals surface area contributed by atoms with E-state index in [0.29, 0.717) is 30.0 Å². The molecule has 0 aromatic heterocycles. The number of piperazine rings is 1. The third-order valence-corrected chi connectivity index (χ3v) is 5.12. The molecule has 0 unspecified atom stereocenters. The molecular formula is C18H22N4O6. The maximum Gasteiger partial charge on any atom is 0.294 e. The van der Waals surface area contributed by atoms with Crippen LogP contribution in [0.1, 0.15) is 31.0 Å². The van der Waals surface area contributed by atoms with Crippen LogP contribution >= 0.6 is 0 Å². The lowest BCUT2D eigenvalue weighted by atomic mass is 9.84. The number of carbonyl (C=O) groups excluding carboxylic acids is 1. The molecular weight excluding hydrogens is 368 g/mol. The summed E-state index contributed by atoms with van der Waals surface area (Å²) < 4.78 is 5.90. The Bertz CT molecular complexity index is 821. The normalized spacial score (nSPS) is 24.1. The van der Waals surface area contributed by atoms with Crippen molar-refractivity contribution in [2.24, 2.45) is 0 Å². The summed E-state index contributed by atoms with van der Waals surface area (Å²) in [5.74, 6) is 0.330. The van der Waals surface area contributed by atoms with E-state index in [2.05, 4.69) is 10.9 Å². The SMILES string of the molecule is CC1(C)Oc2ccc(C#N)cc2[C@@H](N2CCN(CCO[N+](=O)[O-])CC2=O)[C@@H]1O. The van der Waals surface area contributed by atoms with Crippen molar-refractivity contribution in [2.75, 3.05) is 32.8 Å². The maximum atomic E-state index is 12.8. The van der Waals surface area contributed by atoms with Gasteiger partial charge in [0.2, 0.25) is 5.91 Å². The first-order chi connectivity index (χ1) is 13.2. The highest BCUT2D eigenvalue weighted by molar-refractivity contribution is 5.80. The molecule has 10 nitrogen and oxygen atoms in total. The van der Waals surface area contributed by atoms with E-state index in [0.717, 1.165) is 0 Å². The highest BCUT2D eigenvalue weighted by atomic mass is 16.9. The highest BCUT2D eigenvalue weighted by Gasteiger charge is 2.47. The van der Waals surface area contributed by atoms with Crippen LogP contribution in [0, 0.1) is 21.4 Å². The summed E-state index contributed by atoms with van der Waals surface area (Å²) in [4.78, 5) is 30.7. The van der Waals surface area contributed by atoms with Gasteiger partial charge in [0, 0.05) is 25.2 Å². The number of amides is 1. The fourth-order valence-electron chi connectivity index (χ4n) is 3.64. The average molecular weight is 390 g/mol. The van der Waals surface area contributed by atoms with Crippen molar-refractivity contribution in [3.05, 3.63) is 39.4 Å². The van der Waals surface area contributed by atoms with Gasteiger partial charge in [-0.05, 0) is 32.0 Å². The number of hydrogen-bond acceptors (Lipinski definition) is 8. The van der Waals surface area contributed by atoms with Crippen LogP contribution in [0.15, 0.2) is 18.2 Å². The Balaban J connectivity index is 1.82. The van der Waals surface area contributed by atoms with E-state index < -0.39 is 22.8 Å². The Kier molecular flexibility index (Phi) is 5.40. The van der Waals surface area contributed by atoms with Gasteiger partial charge in [0.05, 0.1) is 24.2 Å². The van der Waals surface area contributed by atoms with E-state index >= 15 is 0 Å². The topological polar surface area (TPSA) is 129 Å². The molecule has 0 spiro atoms. The van der Waals surface area contributed by atoms with E-state index in [9.17, 15) is 25.3 Å². The monoisotopic (exact) mass is 390 g/mol. The van der Waals surface area contributed by atoms with Crippen molar-refractivity contribution in [3.8, 4) is 11.8 Å². The second-order valence-corrected chi connectivity index (χ2v) is 7.38. The van der Waals surface area contributed by atoms with Gasteiger partial charge in [0.25, 0.3) is 5.09 Å². The molecule has 0 aliphatic carbocycles. The summed E-state index contributed by atoms with van der Waals surface area (Å²) in [7, 11) is 0. The van der Waals surface area contributed by atoms with Gasteiger partial charge in [-0.25, -0.2) is 0 Å². The van der Waals surface area contributed by atoms with E-state index in [-0.39, 0.29) is 25.6 Å². The van der Waals surface area contributed by atoms with E-state index in [4.69, 9.17) is 4.74 Å². The third kappa shape index (κ3) is 3.85. The summed E-state index contributed by atoms with van der Waals surface area (Å²) >= 11 is 0. The molecule has 2 aliphatic heterocycles. The van der Waals surface area contributed by atoms with Crippen molar-refractivity contribution in [2.45, 2.75) is 31.6 Å². The Morgan fingerprint density at radius 2 is 2.21 bits per heavy atom. The molecule has 2 heterocycles. The van der Waals surface area contributed by atoms with Gasteiger partial charge in [-0.15, -0.1) is 10.1 Å². The van der Waals surface area contributed by atoms with E-state index in [1.54, 1.807) is 41.8 Å².